The summed E-state index contributed by atoms with van der Waals surface area (Å²) in [5.74, 6) is 2.36. The van der Waals surface area contributed by atoms with E-state index in [0.717, 1.165) is 13.1 Å². The number of hydrogen-bond acceptors (Lipinski definition) is 6. The number of likely N-dealkylation sites (tertiary alicyclic amines) is 1. The molecule has 2 aliphatic rings. The highest BCUT2D eigenvalue weighted by Gasteiger charge is 2.43. The molecule has 0 bridgehead atoms. The highest BCUT2D eigenvalue weighted by atomic mass is 16.5. The summed E-state index contributed by atoms with van der Waals surface area (Å²) in [4.78, 5) is 23.0. The fourth-order valence-corrected chi connectivity index (χ4v) is 3.78. The van der Waals surface area contributed by atoms with E-state index in [0.29, 0.717) is 54.8 Å². The number of aromatic nitrogens is 3. The number of amides is 1. The fourth-order valence-electron chi connectivity index (χ4n) is 3.78. The van der Waals surface area contributed by atoms with Crippen LogP contribution in [0.3, 0.4) is 0 Å². The first-order chi connectivity index (χ1) is 11.7. The number of nitrogens with zero attached hydrogens (tertiary/aromatic N) is 4. The number of ether oxygens (including phenoxy) is 1. The summed E-state index contributed by atoms with van der Waals surface area (Å²) in [6.45, 7) is 4.65. The molecule has 0 aromatic carbocycles. The molecule has 2 fully saturated rings. The topological polar surface area (TPSA) is 81.4 Å². The van der Waals surface area contributed by atoms with Crippen molar-refractivity contribution in [2.24, 2.45) is 17.8 Å². The first kappa shape index (κ1) is 15.3. The second kappa shape index (κ2) is 6.32. The van der Waals surface area contributed by atoms with Crippen LogP contribution in [0.4, 0.5) is 0 Å². The molecular formula is C17H20N4O3. The van der Waals surface area contributed by atoms with Crippen molar-refractivity contribution in [2.45, 2.75) is 13.3 Å². The summed E-state index contributed by atoms with van der Waals surface area (Å²) in [7, 11) is 0. The second-order valence-corrected chi connectivity index (χ2v) is 6.59. The van der Waals surface area contributed by atoms with E-state index in [4.69, 9.17) is 9.26 Å². The molecule has 1 amide bonds. The maximum atomic E-state index is 12.6. The summed E-state index contributed by atoms with van der Waals surface area (Å²) in [5, 5.41) is 3.85. The van der Waals surface area contributed by atoms with Gasteiger partial charge in [0.25, 0.3) is 5.91 Å². The summed E-state index contributed by atoms with van der Waals surface area (Å²) in [5.41, 5.74) is 0.501. The van der Waals surface area contributed by atoms with Gasteiger partial charge in [0.05, 0.1) is 13.2 Å². The Morgan fingerprint density at radius 3 is 3.00 bits per heavy atom. The Kier molecular flexibility index (Phi) is 4.02. The van der Waals surface area contributed by atoms with Crippen LogP contribution in [0.5, 0.6) is 0 Å². The van der Waals surface area contributed by atoms with Gasteiger partial charge >= 0.3 is 0 Å². The van der Waals surface area contributed by atoms with E-state index in [-0.39, 0.29) is 5.91 Å². The Balaban J connectivity index is 1.47. The van der Waals surface area contributed by atoms with Gasteiger partial charge in [-0.3, -0.25) is 9.78 Å². The Hall–Kier alpha value is -2.28. The number of carbonyl (C=O) groups is 1. The molecule has 7 heteroatoms. The Morgan fingerprint density at radius 1 is 1.33 bits per heavy atom. The van der Waals surface area contributed by atoms with E-state index >= 15 is 0 Å². The quantitative estimate of drug-likeness (QED) is 0.846. The monoisotopic (exact) mass is 328 g/mol. The number of carbonyl (C=O) groups excluding carboxylic acids is 1. The van der Waals surface area contributed by atoms with Gasteiger partial charge in [-0.05, 0) is 30.9 Å². The molecule has 0 radical (unpaired) electrons. The number of pyridine rings is 1. The van der Waals surface area contributed by atoms with E-state index in [2.05, 4.69) is 15.1 Å². The third-order valence-electron chi connectivity index (χ3n) is 4.94. The van der Waals surface area contributed by atoms with Crippen molar-refractivity contribution in [2.75, 3.05) is 26.3 Å². The number of aryl methyl sites for hydroxylation is 1. The SMILES string of the molecule is Cc1noc(C[C@@H]2COC[C@H]3CN(C(=O)c4ccccn4)C[C@@H]23)n1. The molecule has 0 saturated carbocycles. The summed E-state index contributed by atoms with van der Waals surface area (Å²) >= 11 is 0. The lowest BCUT2D eigenvalue weighted by molar-refractivity contribution is -0.0110. The van der Waals surface area contributed by atoms with Crippen LogP contribution in [0.2, 0.25) is 0 Å². The van der Waals surface area contributed by atoms with Gasteiger partial charge in [-0.1, -0.05) is 11.2 Å². The summed E-state index contributed by atoms with van der Waals surface area (Å²) < 4.78 is 11.0. The molecule has 2 aromatic rings. The average Bonchev–Trinajstić information content (AvgIpc) is 3.22. The predicted molar refractivity (Wildman–Crippen MR) is 84.2 cm³/mol. The minimum absolute atomic E-state index is 0.00242. The normalized spacial score (nSPS) is 26.4. The predicted octanol–water partition coefficient (Wildman–Crippen LogP) is 1.35. The van der Waals surface area contributed by atoms with Crippen LogP contribution in [-0.2, 0) is 11.2 Å². The maximum absolute atomic E-state index is 12.6. The minimum Gasteiger partial charge on any atom is -0.381 e. The molecule has 126 valence electrons. The lowest BCUT2D eigenvalue weighted by Crippen LogP contribution is -2.36. The van der Waals surface area contributed by atoms with Gasteiger partial charge in [0.2, 0.25) is 5.89 Å². The second-order valence-electron chi connectivity index (χ2n) is 6.59. The Morgan fingerprint density at radius 2 is 2.25 bits per heavy atom. The van der Waals surface area contributed by atoms with E-state index in [9.17, 15) is 4.79 Å². The molecule has 3 atom stereocenters. The molecule has 24 heavy (non-hydrogen) atoms. The van der Waals surface area contributed by atoms with Gasteiger partial charge < -0.3 is 14.2 Å². The van der Waals surface area contributed by atoms with Crippen LogP contribution in [-0.4, -0.2) is 52.2 Å². The lowest BCUT2D eigenvalue weighted by atomic mass is 9.81. The number of fused-ring (bicyclic) bond motifs is 1. The molecule has 2 aliphatic heterocycles. The first-order valence-corrected chi connectivity index (χ1v) is 8.28. The Labute approximate surface area is 140 Å². The maximum Gasteiger partial charge on any atom is 0.272 e. The van der Waals surface area contributed by atoms with E-state index < -0.39 is 0 Å². The van der Waals surface area contributed by atoms with E-state index in [1.807, 2.05) is 24.0 Å². The number of hydrogen-bond donors (Lipinski definition) is 0. The molecule has 4 heterocycles. The zero-order valence-corrected chi connectivity index (χ0v) is 13.6. The average molecular weight is 328 g/mol. The van der Waals surface area contributed by atoms with Crippen molar-refractivity contribution >= 4 is 5.91 Å². The van der Waals surface area contributed by atoms with Crippen molar-refractivity contribution in [3.63, 3.8) is 0 Å². The standard InChI is InChI=1S/C17H20N4O3/c1-11-19-16(24-20-11)6-12-9-23-10-13-7-21(8-14(12)13)17(22)15-4-2-3-5-18-15/h2-5,12-14H,6-10H2,1H3/t12-,13-,14+/m1/s1. The van der Waals surface area contributed by atoms with Crippen LogP contribution in [0.25, 0.3) is 0 Å². The lowest BCUT2D eigenvalue weighted by Gasteiger charge is -2.31. The van der Waals surface area contributed by atoms with Gasteiger partial charge in [0.15, 0.2) is 5.82 Å². The third-order valence-corrected chi connectivity index (χ3v) is 4.94. The molecule has 0 unspecified atom stereocenters. The van der Waals surface area contributed by atoms with Gasteiger partial charge in [-0.25, -0.2) is 0 Å². The summed E-state index contributed by atoms with van der Waals surface area (Å²) in [6.07, 6.45) is 2.35. The van der Waals surface area contributed by atoms with Crippen molar-refractivity contribution in [1.82, 2.24) is 20.0 Å². The largest absolute Gasteiger partial charge is 0.381 e. The van der Waals surface area contributed by atoms with Crippen LogP contribution in [0, 0.1) is 24.7 Å². The molecular weight excluding hydrogens is 308 g/mol. The molecule has 0 spiro atoms. The first-order valence-electron chi connectivity index (χ1n) is 8.28. The van der Waals surface area contributed by atoms with Gasteiger partial charge in [-0.15, -0.1) is 0 Å². The zero-order valence-electron chi connectivity index (χ0n) is 13.6. The Bertz CT molecular complexity index is 718. The van der Waals surface area contributed by atoms with E-state index in [1.54, 1.807) is 12.3 Å². The van der Waals surface area contributed by atoms with Crippen molar-refractivity contribution < 1.29 is 14.1 Å². The smallest absolute Gasteiger partial charge is 0.272 e. The molecule has 0 aliphatic carbocycles. The highest BCUT2D eigenvalue weighted by molar-refractivity contribution is 5.92. The van der Waals surface area contributed by atoms with Gasteiger partial charge in [-0.2, -0.15) is 4.98 Å². The highest BCUT2D eigenvalue weighted by Crippen LogP contribution is 2.36. The van der Waals surface area contributed by atoms with Crippen molar-refractivity contribution in [3.05, 3.63) is 41.8 Å². The van der Waals surface area contributed by atoms with Crippen LogP contribution < -0.4 is 0 Å². The summed E-state index contributed by atoms with van der Waals surface area (Å²) in [6, 6.07) is 5.42. The zero-order chi connectivity index (χ0) is 16.5. The molecule has 2 saturated heterocycles. The molecule has 2 aromatic heterocycles. The minimum atomic E-state index is -0.00242. The van der Waals surface area contributed by atoms with Crippen LogP contribution >= 0.6 is 0 Å². The van der Waals surface area contributed by atoms with Crippen molar-refractivity contribution in [1.29, 1.82) is 0 Å². The third kappa shape index (κ3) is 2.91. The molecule has 7 nitrogen and oxygen atoms in total. The van der Waals surface area contributed by atoms with Crippen LogP contribution in [0.15, 0.2) is 28.9 Å². The fraction of sp³-hybridized carbons (Fsp3) is 0.529. The van der Waals surface area contributed by atoms with E-state index in [1.165, 1.54) is 0 Å². The van der Waals surface area contributed by atoms with Gasteiger partial charge in [0, 0.05) is 31.6 Å². The molecule has 4 rings (SSSR count). The van der Waals surface area contributed by atoms with Gasteiger partial charge in [0.1, 0.15) is 5.69 Å². The van der Waals surface area contributed by atoms with Crippen molar-refractivity contribution in [3.8, 4) is 0 Å². The van der Waals surface area contributed by atoms with Crippen LogP contribution in [0.1, 0.15) is 22.2 Å². The molecule has 0 N–H and O–H groups in total. The number of rotatable bonds is 3.